The molecule has 0 radical (unpaired) electrons. The second-order valence-corrected chi connectivity index (χ2v) is 4.10. The maximum Gasteiger partial charge on any atom is 0.270 e. The van der Waals surface area contributed by atoms with E-state index in [9.17, 15) is 15.2 Å². The van der Waals surface area contributed by atoms with Gasteiger partial charge in [0.05, 0.1) is 10.6 Å². The molecule has 2 aromatic rings. The molecule has 19 heavy (non-hydrogen) atoms. The molecule has 7 nitrogen and oxygen atoms in total. The molecule has 1 aromatic carbocycles. The minimum Gasteiger partial charge on any atom is -0.508 e. The molecular formula is C12H13N3O4. The summed E-state index contributed by atoms with van der Waals surface area (Å²) in [6.45, 7) is 2.56. The Morgan fingerprint density at radius 2 is 2.21 bits per heavy atom. The van der Waals surface area contributed by atoms with E-state index in [-0.39, 0.29) is 11.4 Å². The zero-order valence-corrected chi connectivity index (χ0v) is 10.3. The van der Waals surface area contributed by atoms with Crippen LogP contribution in [0.3, 0.4) is 0 Å². The normalized spacial score (nSPS) is 10.6. The second-order valence-electron chi connectivity index (χ2n) is 4.10. The van der Waals surface area contributed by atoms with Gasteiger partial charge in [-0.2, -0.15) is 0 Å². The number of rotatable bonds is 5. The number of nitrogens with zero attached hydrogens (tertiary/aromatic N) is 2. The molecule has 0 unspecified atom stereocenters. The smallest absolute Gasteiger partial charge is 0.270 e. The highest BCUT2D eigenvalue weighted by atomic mass is 16.6. The Morgan fingerprint density at radius 3 is 2.84 bits per heavy atom. The number of hydrogen-bond donors (Lipinski definition) is 2. The summed E-state index contributed by atoms with van der Waals surface area (Å²) in [6.07, 6.45) is 0. The topological polar surface area (TPSA) is 101 Å². The van der Waals surface area contributed by atoms with Gasteiger partial charge in [0.2, 0.25) is 0 Å². The van der Waals surface area contributed by atoms with Crippen molar-refractivity contribution >= 4 is 5.69 Å². The molecule has 0 fully saturated rings. The lowest BCUT2D eigenvalue weighted by Gasteiger charge is -2.05. The number of nitrogens with one attached hydrogen (secondary N) is 1. The summed E-state index contributed by atoms with van der Waals surface area (Å²) in [5, 5.41) is 27.1. The van der Waals surface area contributed by atoms with E-state index in [2.05, 4.69) is 10.5 Å². The van der Waals surface area contributed by atoms with Crippen LogP contribution in [0.5, 0.6) is 5.75 Å². The van der Waals surface area contributed by atoms with Crippen molar-refractivity contribution in [2.45, 2.75) is 20.0 Å². The van der Waals surface area contributed by atoms with Crippen LogP contribution >= 0.6 is 0 Å². The van der Waals surface area contributed by atoms with E-state index in [0.29, 0.717) is 18.7 Å². The lowest BCUT2D eigenvalue weighted by atomic mass is 10.1. The van der Waals surface area contributed by atoms with E-state index in [1.165, 1.54) is 18.2 Å². The Hall–Kier alpha value is -2.41. The molecule has 2 rings (SSSR count). The van der Waals surface area contributed by atoms with Gasteiger partial charge >= 0.3 is 0 Å². The van der Waals surface area contributed by atoms with E-state index in [4.69, 9.17) is 4.52 Å². The molecule has 0 amide bonds. The summed E-state index contributed by atoms with van der Waals surface area (Å²) in [5.41, 5.74) is 1.16. The third-order valence-corrected chi connectivity index (χ3v) is 2.57. The van der Waals surface area contributed by atoms with Crippen molar-refractivity contribution < 1.29 is 14.6 Å². The van der Waals surface area contributed by atoms with E-state index in [1.807, 2.05) is 0 Å². The van der Waals surface area contributed by atoms with Crippen molar-refractivity contribution in [1.82, 2.24) is 10.5 Å². The van der Waals surface area contributed by atoms with Crippen LogP contribution in [-0.2, 0) is 13.1 Å². The molecule has 0 saturated heterocycles. The van der Waals surface area contributed by atoms with Crippen molar-refractivity contribution in [2.24, 2.45) is 0 Å². The number of nitro benzene ring substituents is 1. The van der Waals surface area contributed by atoms with Gasteiger partial charge in [0.25, 0.3) is 5.69 Å². The van der Waals surface area contributed by atoms with E-state index in [0.717, 1.165) is 11.5 Å². The SMILES string of the molecule is Cc1cc(CNCc2cc([N+](=O)[O-])ccc2O)no1. The molecule has 7 heteroatoms. The number of nitro groups is 1. The standard InChI is InChI=1S/C12H13N3O4/c1-8-4-10(14-19-8)7-13-6-9-5-11(15(17)18)2-3-12(9)16/h2-5,13,16H,6-7H2,1H3. The van der Waals surface area contributed by atoms with Crippen LogP contribution in [0.1, 0.15) is 17.0 Å². The average molecular weight is 263 g/mol. The third kappa shape index (κ3) is 3.29. The van der Waals surface area contributed by atoms with Crippen LogP contribution < -0.4 is 5.32 Å². The Balaban J connectivity index is 1.99. The summed E-state index contributed by atoms with van der Waals surface area (Å²) < 4.78 is 4.91. The molecule has 0 aliphatic heterocycles. The largest absolute Gasteiger partial charge is 0.508 e. The maximum atomic E-state index is 10.6. The number of hydrogen-bond acceptors (Lipinski definition) is 6. The number of aromatic nitrogens is 1. The zero-order chi connectivity index (χ0) is 13.8. The number of aromatic hydroxyl groups is 1. The molecule has 2 N–H and O–H groups in total. The van der Waals surface area contributed by atoms with Gasteiger partial charge in [0, 0.05) is 36.9 Å². The predicted molar refractivity (Wildman–Crippen MR) is 66.5 cm³/mol. The van der Waals surface area contributed by atoms with Crippen LogP contribution in [0.4, 0.5) is 5.69 Å². The van der Waals surface area contributed by atoms with Crippen LogP contribution in [0.2, 0.25) is 0 Å². The highest BCUT2D eigenvalue weighted by molar-refractivity contribution is 5.42. The van der Waals surface area contributed by atoms with Crippen LogP contribution in [-0.4, -0.2) is 15.2 Å². The number of phenols is 1. The number of aryl methyl sites for hydroxylation is 1. The molecule has 0 spiro atoms. The van der Waals surface area contributed by atoms with E-state index < -0.39 is 4.92 Å². The Bertz CT molecular complexity index is 594. The monoisotopic (exact) mass is 263 g/mol. The van der Waals surface area contributed by atoms with Gasteiger partial charge in [-0.25, -0.2) is 0 Å². The highest BCUT2D eigenvalue weighted by Gasteiger charge is 2.10. The molecule has 1 heterocycles. The molecule has 100 valence electrons. The Labute approximate surface area is 109 Å². The quantitative estimate of drug-likeness (QED) is 0.631. The Morgan fingerprint density at radius 1 is 1.42 bits per heavy atom. The Kier molecular flexibility index (Phi) is 3.76. The number of benzene rings is 1. The zero-order valence-electron chi connectivity index (χ0n) is 10.3. The van der Waals surface area contributed by atoms with Crippen molar-refractivity contribution in [1.29, 1.82) is 0 Å². The van der Waals surface area contributed by atoms with Crippen molar-refractivity contribution in [3.8, 4) is 5.75 Å². The average Bonchev–Trinajstić information content (AvgIpc) is 2.77. The molecule has 0 saturated carbocycles. The fraction of sp³-hybridized carbons (Fsp3) is 0.250. The number of phenolic OH excluding ortho intramolecular Hbond substituents is 1. The summed E-state index contributed by atoms with van der Waals surface area (Å²) in [6, 6.07) is 5.71. The summed E-state index contributed by atoms with van der Waals surface area (Å²) >= 11 is 0. The van der Waals surface area contributed by atoms with Crippen LogP contribution in [0, 0.1) is 17.0 Å². The molecule has 0 atom stereocenters. The first-order valence-electron chi connectivity index (χ1n) is 5.65. The van der Waals surface area contributed by atoms with Gasteiger partial charge in [-0.3, -0.25) is 10.1 Å². The fourth-order valence-electron chi connectivity index (χ4n) is 1.65. The van der Waals surface area contributed by atoms with Crippen molar-refractivity contribution in [3.63, 3.8) is 0 Å². The number of non-ortho nitro benzene ring substituents is 1. The van der Waals surface area contributed by atoms with Gasteiger partial charge in [0.15, 0.2) is 0 Å². The second kappa shape index (κ2) is 5.49. The molecule has 0 aliphatic carbocycles. The van der Waals surface area contributed by atoms with Crippen LogP contribution in [0.25, 0.3) is 0 Å². The fourth-order valence-corrected chi connectivity index (χ4v) is 1.65. The van der Waals surface area contributed by atoms with Crippen molar-refractivity contribution in [2.75, 3.05) is 0 Å². The van der Waals surface area contributed by atoms with Crippen molar-refractivity contribution in [3.05, 3.63) is 51.4 Å². The van der Waals surface area contributed by atoms with Gasteiger partial charge in [-0.1, -0.05) is 5.16 Å². The maximum absolute atomic E-state index is 10.6. The first-order chi connectivity index (χ1) is 9.06. The summed E-state index contributed by atoms with van der Waals surface area (Å²) in [4.78, 5) is 10.1. The van der Waals surface area contributed by atoms with E-state index >= 15 is 0 Å². The minimum absolute atomic E-state index is 0.0226. The minimum atomic E-state index is -0.496. The molecular weight excluding hydrogens is 250 g/mol. The summed E-state index contributed by atoms with van der Waals surface area (Å²) in [7, 11) is 0. The third-order valence-electron chi connectivity index (χ3n) is 2.57. The van der Waals surface area contributed by atoms with Gasteiger partial charge in [-0.15, -0.1) is 0 Å². The predicted octanol–water partition coefficient (Wildman–Crippen LogP) is 1.89. The summed E-state index contributed by atoms with van der Waals surface area (Å²) in [5.74, 6) is 0.740. The van der Waals surface area contributed by atoms with E-state index in [1.54, 1.807) is 13.0 Å². The van der Waals surface area contributed by atoms with Gasteiger partial charge in [0.1, 0.15) is 11.5 Å². The lowest BCUT2D eigenvalue weighted by Crippen LogP contribution is -2.13. The lowest BCUT2D eigenvalue weighted by molar-refractivity contribution is -0.384. The first-order valence-corrected chi connectivity index (χ1v) is 5.65. The van der Waals surface area contributed by atoms with Gasteiger partial charge in [-0.05, 0) is 13.0 Å². The van der Waals surface area contributed by atoms with Crippen LogP contribution in [0.15, 0.2) is 28.8 Å². The molecule has 0 bridgehead atoms. The molecule has 0 aliphatic rings. The highest BCUT2D eigenvalue weighted by Crippen LogP contribution is 2.22. The molecule has 1 aromatic heterocycles. The van der Waals surface area contributed by atoms with Gasteiger partial charge < -0.3 is 14.9 Å². The first kappa shape index (κ1) is 13.0.